The zero-order chi connectivity index (χ0) is 14.8. The number of hydrogen-bond acceptors (Lipinski definition) is 5. The van der Waals surface area contributed by atoms with Crippen LogP contribution in [-0.4, -0.2) is 20.6 Å². The summed E-state index contributed by atoms with van der Waals surface area (Å²) in [4.78, 5) is 0. The molecule has 0 aliphatic rings. The summed E-state index contributed by atoms with van der Waals surface area (Å²) in [6.45, 7) is 2.04. The van der Waals surface area contributed by atoms with Gasteiger partial charge in [-0.3, -0.25) is 5.01 Å². The largest absolute Gasteiger partial charge is 0.279 e. The Hall–Kier alpha value is -2.00. The molecule has 3 N–H and O–H groups in total. The van der Waals surface area contributed by atoms with Crippen molar-refractivity contribution in [3.8, 4) is 11.4 Å². The molecule has 0 unspecified atom stereocenters. The number of aromatic amines is 1. The van der Waals surface area contributed by atoms with Gasteiger partial charge in [-0.25, -0.2) is 5.84 Å². The zero-order valence-electron chi connectivity index (χ0n) is 11.3. The van der Waals surface area contributed by atoms with Crippen LogP contribution in [0.15, 0.2) is 42.5 Å². The summed E-state index contributed by atoms with van der Waals surface area (Å²) in [6.07, 6.45) is 0. The maximum absolute atomic E-state index is 6.32. The second-order valence-corrected chi connectivity index (χ2v) is 5.80. The van der Waals surface area contributed by atoms with Crippen LogP contribution >= 0.6 is 22.6 Å². The van der Waals surface area contributed by atoms with E-state index in [2.05, 4.69) is 49.3 Å². The highest BCUT2D eigenvalue weighted by Crippen LogP contribution is 2.32. The molecule has 0 radical (unpaired) electrons. The second kappa shape index (κ2) is 5.78. The summed E-state index contributed by atoms with van der Waals surface area (Å²) in [5.41, 5.74) is 3.69. The first kappa shape index (κ1) is 14.0. The third-order valence-electron chi connectivity index (χ3n) is 3.17. The Balaban J connectivity index is 2.08. The van der Waals surface area contributed by atoms with Gasteiger partial charge in [0, 0.05) is 9.13 Å². The first-order valence-electron chi connectivity index (χ1n) is 6.30. The lowest BCUT2D eigenvalue weighted by Gasteiger charge is -2.22. The molecule has 3 rings (SSSR count). The van der Waals surface area contributed by atoms with Gasteiger partial charge in [0.15, 0.2) is 0 Å². The van der Waals surface area contributed by atoms with Gasteiger partial charge >= 0.3 is 0 Å². The van der Waals surface area contributed by atoms with E-state index in [1.165, 1.54) is 3.57 Å². The van der Waals surface area contributed by atoms with Crippen molar-refractivity contribution in [2.24, 2.45) is 5.84 Å². The second-order valence-electron chi connectivity index (χ2n) is 4.55. The van der Waals surface area contributed by atoms with E-state index in [4.69, 9.17) is 5.84 Å². The first-order chi connectivity index (χ1) is 10.2. The van der Waals surface area contributed by atoms with Crippen molar-refractivity contribution in [2.45, 2.75) is 6.92 Å². The molecule has 2 aromatic carbocycles. The van der Waals surface area contributed by atoms with E-state index in [-0.39, 0.29) is 0 Å². The van der Waals surface area contributed by atoms with Crippen molar-refractivity contribution in [2.75, 3.05) is 5.01 Å². The number of halogens is 1. The molecule has 7 heteroatoms. The summed E-state index contributed by atoms with van der Waals surface area (Å²) in [5.74, 6) is 6.84. The lowest BCUT2D eigenvalue weighted by atomic mass is 10.1. The molecule has 0 saturated heterocycles. The van der Waals surface area contributed by atoms with E-state index in [9.17, 15) is 0 Å². The molecule has 1 heterocycles. The summed E-state index contributed by atoms with van der Waals surface area (Å²) < 4.78 is 1.17. The zero-order valence-corrected chi connectivity index (χ0v) is 13.4. The summed E-state index contributed by atoms with van der Waals surface area (Å²) in [6, 6.07) is 13.8. The Morgan fingerprint density at radius 2 is 1.95 bits per heavy atom. The van der Waals surface area contributed by atoms with E-state index in [0.29, 0.717) is 5.82 Å². The van der Waals surface area contributed by atoms with Crippen LogP contribution in [0.5, 0.6) is 0 Å². The van der Waals surface area contributed by atoms with E-state index < -0.39 is 0 Å². The van der Waals surface area contributed by atoms with Gasteiger partial charge in [-0.2, -0.15) is 5.21 Å². The number of nitrogens with one attached hydrogen (secondary N) is 1. The van der Waals surface area contributed by atoms with Gasteiger partial charge in [0.25, 0.3) is 0 Å². The van der Waals surface area contributed by atoms with Gasteiger partial charge in [0.1, 0.15) is 0 Å². The fourth-order valence-corrected chi connectivity index (χ4v) is 2.81. The molecular weight excluding hydrogens is 379 g/mol. The fourth-order valence-electron chi connectivity index (χ4n) is 2.17. The molecule has 0 aliphatic heterocycles. The molecule has 0 atom stereocenters. The molecule has 0 aliphatic carbocycles. The van der Waals surface area contributed by atoms with Crippen molar-refractivity contribution in [3.05, 3.63) is 51.6 Å². The molecule has 6 nitrogen and oxygen atoms in total. The van der Waals surface area contributed by atoms with Crippen LogP contribution in [0, 0.1) is 10.5 Å². The molecule has 0 bridgehead atoms. The number of aromatic nitrogens is 4. The minimum Gasteiger partial charge on any atom is -0.279 e. The van der Waals surface area contributed by atoms with Crippen molar-refractivity contribution >= 4 is 34.0 Å². The minimum absolute atomic E-state index is 0.518. The third kappa shape index (κ3) is 2.74. The Bertz CT molecular complexity index is 756. The number of hydrazine groups is 1. The van der Waals surface area contributed by atoms with Gasteiger partial charge in [-0.1, -0.05) is 12.1 Å². The van der Waals surface area contributed by atoms with Crippen molar-refractivity contribution in [3.63, 3.8) is 0 Å². The van der Waals surface area contributed by atoms with Gasteiger partial charge in [-0.15, -0.1) is 10.2 Å². The van der Waals surface area contributed by atoms with Crippen LogP contribution in [-0.2, 0) is 0 Å². The Morgan fingerprint density at radius 3 is 2.67 bits per heavy atom. The van der Waals surface area contributed by atoms with Gasteiger partial charge in [-0.05, 0) is 70.6 Å². The number of tetrazole rings is 1. The normalized spacial score (nSPS) is 10.6. The number of para-hydroxylation sites is 1. The Kier molecular flexibility index (Phi) is 3.84. The maximum Gasteiger partial charge on any atom is 0.206 e. The predicted octanol–water partition coefficient (Wildman–Crippen LogP) is 2.79. The molecular formula is C14H13IN6. The average Bonchev–Trinajstić information content (AvgIpc) is 3.01. The van der Waals surface area contributed by atoms with E-state index in [0.717, 1.165) is 22.5 Å². The molecule has 1 aromatic heterocycles. The van der Waals surface area contributed by atoms with Crippen LogP contribution in [0.2, 0.25) is 0 Å². The maximum atomic E-state index is 6.32. The summed E-state index contributed by atoms with van der Waals surface area (Å²) >= 11 is 2.28. The van der Waals surface area contributed by atoms with Crippen LogP contribution in [0.1, 0.15) is 5.56 Å². The van der Waals surface area contributed by atoms with E-state index in [1.54, 1.807) is 5.01 Å². The van der Waals surface area contributed by atoms with Gasteiger partial charge in [0.2, 0.25) is 5.82 Å². The Labute approximate surface area is 135 Å². The third-order valence-corrected chi connectivity index (χ3v) is 3.84. The van der Waals surface area contributed by atoms with Crippen molar-refractivity contribution < 1.29 is 0 Å². The number of hydrogen-bond donors (Lipinski definition) is 2. The number of nitrogens with two attached hydrogens (primary N) is 1. The number of anilines is 2. The topological polar surface area (TPSA) is 83.7 Å². The van der Waals surface area contributed by atoms with Crippen LogP contribution < -0.4 is 10.9 Å². The van der Waals surface area contributed by atoms with E-state index in [1.807, 2.05) is 43.3 Å². The van der Waals surface area contributed by atoms with Crippen LogP contribution in [0.25, 0.3) is 11.4 Å². The monoisotopic (exact) mass is 392 g/mol. The van der Waals surface area contributed by atoms with Crippen LogP contribution in [0.4, 0.5) is 11.4 Å². The number of H-pyrrole nitrogens is 1. The smallest absolute Gasteiger partial charge is 0.206 e. The van der Waals surface area contributed by atoms with Crippen molar-refractivity contribution in [1.29, 1.82) is 0 Å². The number of benzene rings is 2. The van der Waals surface area contributed by atoms with Crippen LogP contribution in [0.3, 0.4) is 0 Å². The molecule has 3 aromatic rings. The summed E-state index contributed by atoms with van der Waals surface area (Å²) in [7, 11) is 0. The minimum atomic E-state index is 0.518. The number of rotatable bonds is 3. The highest BCUT2D eigenvalue weighted by molar-refractivity contribution is 14.1. The first-order valence-corrected chi connectivity index (χ1v) is 7.38. The van der Waals surface area contributed by atoms with Gasteiger partial charge in [0.05, 0.1) is 11.4 Å². The Morgan fingerprint density at radius 1 is 1.14 bits per heavy atom. The lowest BCUT2D eigenvalue weighted by Crippen LogP contribution is -2.26. The summed E-state index contributed by atoms with van der Waals surface area (Å²) in [5, 5.41) is 15.8. The van der Waals surface area contributed by atoms with Gasteiger partial charge < -0.3 is 0 Å². The molecule has 21 heavy (non-hydrogen) atoms. The molecule has 0 saturated carbocycles. The molecule has 106 valence electrons. The quantitative estimate of drug-likeness (QED) is 0.407. The molecule has 0 fully saturated rings. The SMILES string of the molecule is Cc1cc(I)ccc1N(N)c1ccccc1-c1nn[nH]n1. The molecule has 0 spiro atoms. The number of nitrogens with zero attached hydrogens (tertiary/aromatic N) is 4. The average molecular weight is 392 g/mol. The van der Waals surface area contributed by atoms with E-state index >= 15 is 0 Å². The highest BCUT2D eigenvalue weighted by Gasteiger charge is 2.15. The highest BCUT2D eigenvalue weighted by atomic mass is 127. The molecule has 0 amide bonds. The van der Waals surface area contributed by atoms with Crippen molar-refractivity contribution in [1.82, 2.24) is 20.6 Å². The lowest BCUT2D eigenvalue weighted by molar-refractivity contribution is 0.881. The number of aryl methyl sites for hydroxylation is 1. The standard InChI is InChI=1S/C14H13IN6/c1-9-8-10(15)6-7-12(9)21(16)13-5-3-2-4-11(13)14-17-19-20-18-14/h2-8H,16H2,1H3,(H,17,18,19,20). The predicted molar refractivity (Wildman–Crippen MR) is 89.8 cm³/mol. The fraction of sp³-hybridized carbons (Fsp3) is 0.0714.